The van der Waals surface area contributed by atoms with Gasteiger partial charge in [0.2, 0.25) is 5.28 Å². The molecule has 0 amide bonds. The molecule has 0 unspecified atom stereocenters. The Labute approximate surface area is 102 Å². The second-order valence-electron chi connectivity index (χ2n) is 3.17. The van der Waals surface area contributed by atoms with E-state index in [0.717, 1.165) is 0 Å². The topological polar surface area (TPSA) is 51.8 Å². The van der Waals surface area contributed by atoms with E-state index in [4.69, 9.17) is 17.3 Å². The Morgan fingerprint density at radius 1 is 1.24 bits per heavy atom. The molecular weight excluding hydrogens is 241 g/mol. The van der Waals surface area contributed by atoms with E-state index in [1.54, 1.807) is 18.2 Å². The zero-order valence-corrected chi connectivity index (χ0v) is 9.37. The third kappa shape index (κ3) is 2.71. The SMILES string of the molecule is Nc1cnc(Cl)nc1C#Cc1ccccc1F. The van der Waals surface area contributed by atoms with E-state index < -0.39 is 5.82 Å². The summed E-state index contributed by atoms with van der Waals surface area (Å²) in [6.07, 6.45) is 1.36. The van der Waals surface area contributed by atoms with Crippen LogP contribution in [0.3, 0.4) is 0 Å². The standard InChI is InChI=1S/C12H7ClFN3/c13-12-16-7-10(15)11(17-12)6-5-8-3-1-2-4-9(8)14/h1-4,7H,15H2. The quantitative estimate of drug-likeness (QED) is 0.574. The fraction of sp³-hybridized carbons (Fsp3) is 0. The number of benzene rings is 1. The van der Waals surface area contributed by atoms with Crippen LogP contribution >= 0.6 is 11.6 Å². The first-order valence-corrected chi connectivity index (χ1v) is 5.09. The Morgan fingerprint density at radius 2 is 2.00 bits per heavy atom. The summed E-state index contributed by atoms with van der Waals surface area (Å²) in [6, 6.07) is 6.20. The summed E-state index contributed by atoms with van der Waals surface area (Å²) in [5.74, 6) is 4.91. The van der Waals surface area contributed by atoms with E-state index in [-0.39, 0.29) is 16.5 Å². The molecular formula is C12H7ClFN3. The molecule has 3 nitrogen and oxygen atoms in total. The van der Waals surface area contributed by atoms with Crippen LogP contribution in [0, 0.1) is 17.7 Å². The molecule has 0 saturated carbocycles. The number of anilines is 1. The van der Waals surface area contributed by atoms with Gasteiger partial charge in [0, 0.05) is 0 Å². The summed E-state index contributed by atoms with van der Waals surface area (Å²) in [5, 5.41) is 0.0528. The molecule has 0 atom stereocenters. The van der Waals surface area contributed by atoms with Gasteiger partial charge in [-0.3, -0.25) is 0 Å². The molecule has 5 heteroatoms. The van der Waals surface area contributed by atoms with Crippen LogP contribution in [-0.2, 0) is 0 Å². The molecule has 0 fully saturated rings. The summed E-state index contributed by atoms with van der Waals surface area (Å²) < 4.78 is 13.3. The fourth-order valence-electron chi connectivity index (χ4n) is 1.16. The maximum atomic E-state index is 13.3. The van der Waals surface area contributed by atoms with Crippen LogP contribution < -0.4 is 5.73 Å². The molecule has 84 valence electrons. The van der Waals surface area contributed by atoms with Gasteiger partial charge in [-0.15, -0.1) is 0 Å². The molecule has 0 aliphatic heterocycles. The van der Waals surface area contributed by atoms with Crippen LogP contribution in [0.5, 0.6) is 0 Å². The van der Waals surface area contributed by atoms with Crippen LogP contribution in [0.4, 0.5) is 10.1 Å². The van der Waals surface area contributed by atoms with Crippen molar-refractivity contribution >= 4 is 17.3 Å². The van der Waals surface area contributed by atoms with Crippen molar-refractivity contribution in [2.24, 2.45) is 0 Å². The van der Waals surface area contributed by atoms with Crippen molar-refractivity contribution < 1.29 is 4.39 Å². The maximum Gasteiger partial charge on any atom is 0.223 e. The highest BCUT2D eigenvalue weighted by atomic mass is 35.5. The van der Waals surface area contributed by atoms with Gasteiger partial charge < -0.3 is 5.73 Å². The molecule has 0 aliphatic rings. The molecule has 0 radical (unpaired) electrons. The smallest absolute Gasteiger partial charge is 0.223 e. The Kier molecular flexibility index (Phi) is 3.22. The van der Waals surface area contributed by atoms with Crippen LogP contribution in [-0.4, -0.2) is 9.97 Å². The van der Waals surface area contributed by atoms with Crippen molar-refractivity contribution in [2.45, 2.75) is 0 Å². The highest BCUT2D eigenvalue weighted by Gasteiger charge is 2.00. The third-order valence-electron chi connectivity index (χ3n) is 1.98. The van der Waals surface area contributed by atoms with Crippen molar-refractivity contribution in [3.05, 3.63) is 52.8 Å². The average Bonchev–Trinajstić information content (AvgIpc) is 2.32. The first kappa shape index (κ1) is 11.4. The highest BCUT2D eigenvalue weighted by Crippen LogP contribution is 2.10. The number of nitrogen functional groups attached to an aromatic ring is 1. The molecule has 0 saturated heterocycles. The Bertz CT molecular complexity index is 617. The second-order valence-corrected chi connectivity index (χ2v) is 3.51. The number of nitrogens with two attached hydrogens (primary N) is 1. The number of hydrogen-bond acceptors (Lipinski definition) is 3. The van der Waals surface area contributed by atoms with Gasteiger partial charge in [0.05, 0.1) is 17.4 Å². The van der Waals surface area contributed by atoms with E-state index in [9.17, 15) is 4.39 Å². The highest BCUT2D eigenvalue weighted by molar-refractivity contribution is 6.28. The van der Waals surface area contributed by atoms with Crippen molar-refractivity contribution in [3.8, 4) is 11.8 Å². The summed E-state index contributed by atoms with van der Waals surface area (Å²) in [4.78, 5) is 7.55. The average molecular weight is 248 g/mol. The Balaban J connectivity index is 2.40. The first-order valence-electron chi connectivity index (χ1n) is 4.71. The summed E-state index contributed by atoms with van der Waals surface area (Å²) in [7, 11) is 0. The van der Waals surface area contributed by atoms with E-state index in [0.29, 0.717) is 5.69 Å². The van der Waals surface area contributed by atoms with Crippen LogP contribution in [0.15, 0.2) is 30.5 Å². The predicted molar refractivity (Wildman–Crippen MR) is 63.8 cm³/mol. The minimum absolute atomic E-state index is 0.0528. The lowest BCUT2D eigenvalue weighted by molar-refractivity contribution is 0.624. The molecule has 2 rings (SSSR count). The van der Waals surface area contributed by atoms with Gasteiger partial charge in [-0.1, -0.05) is 18.1 Å². The molecule has 0 aliphatic carbocycles. The van der Waals surface area contributed by atoms with Gasteiger partial charge in [-0.2, -0.15) is 0 Å². The van der Waals surface area contributed by atoms with Crippen molar-refractivity contribution in [2.75, 3.05) is 5.73 Å². The van der Waals surface area contributed by atoms with E-state index in [1.165, 1.54) is 12.3 Å². The lowest BCUT2D eigenvalue weighted by Gasteiger charge is -1.96. The van der Waals surface area contributed by atoms with Gasteiger partial charge in [0.1, 0.15) is 11.5 Å². The lowest BCUT2D eigenvalue weighted by atomic mass is 10.2. The van der Waals surface area contributed by atoms with Gasteiger partial charge in [0.25, 0.3) is 0 Å². The molecule has 0 bridgehead atoms. The molecule has 0 spiro atoms. The Hall–Kier alpha value is -2.12. The van der Waals surface area contributed by atoms with Crippen LogP contribution in [0.2, 0.25) is 5.28 Å². The number of halogens is 2. The number of nitrogens with zero attached hydrogens (tertiary/aromatic N) is 2. The maximum absolute atomic E-state index is 13.3. The summed E-state index contributed by atoms with van der Waals surface area (Å²) in [5.41, 5.74) is 6.48. The van der Waals surface area contributed by atoms with Gasteiger partial charge in [-0.05, 0) is 29.7 Å². The van der Waals surface area contributed by atoms with Crippen molar-refractivity contribution in [1.29, 1.82) is 0 Å². The molecule has 17 heavy (non-hydrogen) atoms. The monoisotopic (exact) mass is 247 g/mol. The molecule has 2 aromatic rings. The predicted octanol–water partition coefficient (Wildman–Crippen LogP) is 2.25. The third-order valence-corrected chi connectivity index (χ3v) is 2.16. The number of hydrogen-bond donors (Lipinski definition) is 1. The van der Waals surface area contributed by atoms with Crippen molar-refractivity contribution in [3.63, 3.8) is 0 Å². The van der Waals surface area contributed by atoms with Crippen molar-refractivity contribution in [1.82, 2.24) is 9.97 Å². The summed E-state index contributed by atoms with van der Waals surface area (Å²) >= 11 is 5.61. The van der Waals surface area contributed by atoms with Gasteiger partial charge in [0.15, 0.2) is 0 Å². The van der Waals surface area contributed by atoms with E-state index in [2.05, 4.69) is 21.8 Å². The Morgan fingerprint density at radius 3 is 2.76 bits per heavy atom. The van der Waals surface area contributed by atoms with Gasteiger partial charge in [-0.25, -0.2) is 14.4 Å². The minimum Gasteiger partial charge on any atom is -0.395 e. The van der Waals surface area contributed by atoms with Gasteiger partial charge >= 0.3 is 0 Å². The second kappa shape index (κ2) is 4.81. The van der Waals surface area contributed by atoms with Crippen LogP contribution in [0.25, 0.3) is 0 Å². The first-order chi connectivity index (χ1) is 8.16. The number of aromatic nitrogens is 2. The molecule has 2 N–H and O–H groups in total. The normalized spacial score (nSPS) is 9.53. The largest absolute Gasteiger partial charge is 0.395 e. The van der Waals surface area contributed by atoms with Crippen LogP contribution in [0.1, 0.15) is 11.3 Å². The van der Waals surface area contributed by atoms with E-state index >= 15 is 0 Å². The molecule has 1 aromatic heterocycles. The fourth-order valence-corrected chi connectivity index (χ4v) is 1.29. The zero-order chi connectivity index (χ0) is 12.3. The summed E-state index contributed by atoms with van der Waals surface area (Å²) in [6.45, 7) is 0. The zero-order valence-electron chi connectivity index (χ0n) is 8.61. The number of rotatable bonds is 0. The minimum atomic E-state index is -0.390. The molecule has 1 aromatic carbocycles. The molecule has 1 heterocycles. The lowest BCUT2D eigenvalue weighted by Crippen LogP contribution is -1.96. The van der Waals surface area contributed by atoms with E-state index in [1.807, 2.05) is 0 Å².